The van der Waals surface area contributed by atoms with Crippen LogP contribution in [-0.4, -0.2) is 18.1 Å². The smallest absolute Gasteiger partial charge is 0.131 e. The van der Waals surface area contributed by atoms with Crippen LogP contribution in [0.2, 0.25) is 0 Å². The van der Waals surface area contributed by atoms with Gasteiger partial charge in [0.1, 0.15) is 5.76 Å². The van der Waals surface area contributed by atoms with Crippen LogP contribution >= 0.6 is 27.7 Å². The maximum Gasteiger partial charge on any atom is 0.131 e. The van der Waals surface area contributed by atoms with Crippen LogP contribution in [0.3, 0.4) is 0 Å². The van der Waals surface area contributed by atoms with E-state index in [1.54, 1.807) is 6.26 Å². The van der Waals surface area contributed by atoms with Crippen LogP contribution in [0.5, 0.6) is 0 Å². The van der Waals surface area contributed by atoms with Crippen molar-refractivity contribution in [2.45, 2.75) is 18.7 Å². The Hall–Kier alpha value is 0.0700. The summed E-state index contributed by atoms with van der Waals surface area (Å²) in [5.74, 6) is 0.966. The minimum atomic E-state index is 0.647. The van der Waals surface area contributed by atoms with Crippen molar-refractivity contribution in [2.75, 3.05) is 12.8 Å². The Labute approximate surface area is 91.6 Å². The predicted molar refractivity (Wildman–Crippen MR) is 61.1 cm³/mol. The Morgan fingerprint density at radius 3 is 3.00 bits per heavy atom. The minimum Gasteiger partial charge on any atom is -0.467 e. The van der Waals surface area contributed by atoms with Gasteiger partial charge in [0.25, 0.3) is 0 Å². The van der Waals surface area contributed by atoms with Crippen molar-refractivity contribution in [3.8, 4) is 0 Å². The first-order valence-electron chi connectivity index (χ1n) is 4.19. The topological polar surface area (TPSA) is 25.2 Å². The molecule has 1 atom stereocenters. The molecule has 1 unspecified atom stereocenters. The first kappa shape index (κ1) is 11.1. The normalized spacial score (nSPS) is 13.2. The highest BCUT2D eigenvalue weighted by Crippen LogP contribution is 2.17. The van der Waals surface area contributed by atoms with E-state index in [1.807, 2.05) is 17.8 Å². The molecule has 4 heteroatoms. The monoisotopic (exact) mass is 263 g/mol. The minimum absolute atomic E-state index is 0.647. The molecule has 74 valence electrons. The SMILES string of the molecule is CSC(C)CNCc1occc1Br. The summed E-state index contributed by atoms with van der Waals surface area (Å²) in [4.78, 5) is 0. The van der Waals surface area contributed by atoms with Crippen molar-refractivity contribution in [3.63, 3.8) is 0 Å². The molecule has 0 radical (unpaired) electrons. The van der Waals surface area contributed by atoms with Crippen molar-refractivity contribution >= 4 is 27.7 Å². The van der Waals surface area contributed by atoms with E-state index in [0.717, 1.165) is 23.3 Å². The van der Waals surface area contributed by atoms with Gasteiger partial charge >= 0.3 is 0 Å². The average Bonchev–Trinajstić information content (AvgIpc) is 2.52. The fraction of sp³-hybridized carbons (Fsp3) is 0.556. The molecule has 1 N–H and O–H groups in total. The van der Waals surface area contributed by atoms with Gasteiger partial charge in [0.2, 0.25) is 0 Å². The summed E-state index contributed by atoms with van der Waals surface area (Å²) < 4.78 is 6.30. The molecule has 0 aliphatic heterocycles. The molecule has 0 fully saturated rings. The van der Waals surface area contributed by atoms with Crippen LogP contribution in [0, 0.1) is 0 Å². The highest BCUT2D eigenvalue weighted by molar-refractivity contribution is 9.10. The zero-order valence-corrected chi connectivity index (χ0v) is 10.2. The summed E-state index contributed by atoms with van der Waals surface area (Å²) in [7, 11) is 0. The van der Waals surface area contributed by atoms with Crippen molar-refractivity contribution in [1.29, 1.82) is 0 Å². The summed E-state index contributed by atoms with van der Waals surface area (Å²) >= 11 is 5.27. The van der Waals surface area contributed by atoms with Gasteiger partial charge in [0.15, 0.2) is 0 Å². The van der Waals surface area contributed by atoms with Crippen LogP contribution in [0.25, 0.3) is 0 Å². The molecule has 2 nitrogen and oxygen atoms in total. The number of furan rings is 1. The highest BCUT2D eigenvalue weighted by Gasteiger charge is 2.03. The molecule has 0 saturated carbocycles. The van der Waals surface area contributed by atoms with Gasteiger partial charge in [-0.15, -0.1) is 0 Å². The van der Waals surface area contributed by atoms with E-state index in [1.165, 1.54) is 0 Å². The fourth-order valence-electron chi connectivity index (χ4n) is 0.924. The molecule has 1 aromatic heterocycles. The molecule has 1 aromatic rings. The molecule has 1 rings (SSSR count). The van der Waals surface area contributed by atoms with Crippen molar-refractivity contribution in [2.24, 2.45) is 0 Å². The van der Waals surface area contributed by atoms with E-state index in [0.29, 0.717) is 5.25 Å². The molecule has 0 aromatic carbocycles. The van der Waals surface area contributed by atoms with Gasteiger partial charge in [-0.05, 0) is 28.3 Å². The van der Waals surface area contributed by atoms with Crippen molar-refractivity contribution in [1.82, 2.24) is 5.32 Å². The van der Waals surface area contributed by atoms with Crippen molar-refractivity contribution < 1.29 is 4.42 Å². The number of rotatable bonds is 5. The van der Waals surface area contributed by atoms with E-state index in [2.05, 4.69) is 34.4 Å². The number of hydrogen-bond donors (Lipinski definition) is 1. The number of thioether (sulfide) groups is 1. The van der Waals surface area contributed by atoms with Crippen LogP contribution in [-0.2, 0) is 6.54 Å². The predicted octanol–water partition coefficient (Wildman–Crippen LogP) is 2.88. The lowest BCUT2D eigenvalue weighted by Crippen LogP contribution is -2.21. The molecule has 1 heterocycles. The van der Waals surface area contributed by atoms with Gasteiger partial charge in [-0.2, -0.15) is 11.8 Å². The third kappa shape index (κ3) is 3.75. The van der Waals surface area contributed by atoms with Crippen LogP contribution < -0.4 is 5.32 Å². The third-order valence-electron chi connectivity index (χ3n) is 1.81. The van der Waals surface area contributed by atoms with E-state index in [-0.39, 0.29) is 0 Å². The van der Waals surface area contributed by atoms with Gasteiger partial charge in [-0.3, -0.25) is 0 Å². The maximum absolute atomic E-state index is 5.26. The fourth-order valence-corrected chi connectivity index (χ4v) is 1.55. The average molecular weight is 264 g/mol. The zero-order valence-electron chi connectivity index (χ0n) is 7.84. The molecule has 0 saturated heterocycles. The Kier molecular flexibility index (Phi) is 4.91. The molecule has 0 spiro atoms. The quantitative estimate of drug-likeness (QED) is 0.885. The summed E-state index contributed by atoms with van der Waals surface area (Å²) in [6, 6.07) is 1.91. The third-order valence-corrected chi connectivity index (χ3v) is 3.49. The van der Waals surface area contributed by atoms with Gasteiger partial charge in [-0.1, -0.05) is 6.92 Å². The molecule has 0 amide bonds. The lowest BCUT2D eigenvalue weighted by molar-refractivity contribution is 0.482. The summed E-state index contributed by atoms with van der Waals surface area (Å²) in [5.41, 5.74) is 0. The molecule has 0 aliphatic carbocycles. The lowest BCUT2D eigenvalue weighted by Gasteiger charge is -2.08. The second-order valence-electron chi connectivity index (χ2n) is 2.87. The molecule has 0 aliphatic rings. The number of halogens is 1. The van der Waals surface area contributed by atoms with Crippen molar-refractivity contribution in [3.05, 3.63) is 22.6 Å². The molecule has 0 bridgehead atoms. The molecule has 13 heavy (non-hydrogen) atoms. The highest BCUT2D eigenvalue weighted by atomic mass is 79.9. The van der Waals surface area contributed by atoms with Crippen LogP contribution in [0.1, 0.15) is 12.7 Å². The Morgan fingerprint density at radius 2 is 2.46 bits per heavy atom. The molecular weight excluding hydrogens is 250 g/mol. The Bertz CT molecular complexity index is 252. The largest absolute Gasteiger partial charge is 0.467 e. The maximum atomic E-state index is 5.26. The second kappa shape index (κ2) is 5.73. The van der Waals surface area contributed by atoms with E-state index in [9.17, 15) is 0 Å². The zero-order chi connectivity index (χ0) is 9.68. The lowest BCUT2D eigenvalue weighted by atomic mass is 10.4. The standard InChI is InChI=1S/C9H14BrNOS/c1-7(13-2)5-11-6-9-8(10)3-4-12-9/h3-4,7,11H,5-6H2,1-2H3. The van der Waals surface area contributed by atoms with E-state index >= 15 is 0 Å². The van der Waals surface area contributed by atoms with Gasteiger partial charge < -0.3 is 9.73 Å². The van der Waals surface area contributed by atoms with Gasteiger partial charge in [0, 0.05) is 11.8 Å². The number of hydrogen-bond acceptors (Lipinski definition) is 3. The van der Waals surface area contributed by atoms with Crippen LogP contribution in [0.4, 0.5) is 0 Å². The summed E-state index contributed by atoms with van der Waals surface area (Å²) in [5, 5.41) is 3.98. The summed E-state index contributed by atoms with van der Waals surface area (Å²) in [6.45, 7) is 4.00. The Balaban J connectivity index is 2.24. The van der Waals surface area contributed by atoms with E-state index in [4.69, 9.17) is 4.42 Å². The number of nitrogens with one attached hydrogen (secondary N) is 1. The van der Waals surface area contributed by atoms with Crippen LogP contribution in [0.15, 0.2) is 21.2 Å². The summed E-state index contributed by atoms with van der Waals surface area (Å²) in [6.07, 6.45) is 3.81. The van der Waals surface area contributed by atoms with Gasteiger partial charge in [0.05, 0.1) is 17.3 Å². The second-order valence-corrected chi connectivity index (χ2v) is 5.00. The van der Waals surface area contributed by atoms with Gasteiger partial charge in [-0.25, -0.2) is 0 Å². The van der Waals surface area contributed by atoms with E-state index < -0.39 is 0 Å². The first-order valence-corrected chi connectivity index (χ1v) is 6.27. The molecular formula is C9H14BrNOS. The first-order chi connectivity index (χ1) is 6.24. The Morgan fingerprint density at radius 1 is 1.69 bits per heavy atom.